The lowest BCUT2D eigenvalue weighted by Crippen LogP contribution is -2.29. The molecular formula is C37H56N4O2P2S2. The number of hydrogen-bond donors (Lipinski definition) is 1. The van der Waals surface area contributed by atoms with Crippen molar-refractivity contribution in [2.24, 2.45) is 0 Å². The maximum Gasteiger partial charge on any atom is 0.216 e. The number of aromatic nitrogens is 2. The van der Waals surface area contributed by atoms with Crippen molar-refractivity contribution in [3.05, 3.63) is 69.7 Å². The lowest BCUT2D eigenvalue weighted by Gasteiger charge is -2.20. The number of thiazole rings is 2. The highest BCUT2D eigenvalue weighted by Crippen LogP contribution is 2.34. The van der Waals surface area contributed by atoms with Crippen molar-refractivity contribution in [3.63, 3.8) is 0 Å². The number of hydrogen-bond acceptors (Lipinski definition) is 7. The molecule has 2 atom stereocenters. The molecule has 0 aliphatic rings. The van der Waals surface area contributed by atoms with Crippen LogP contribution in [0, 0.1) is 20.8 Å². The number of aryl methyl sites for hydroxylation is 3. The standard InChI is InChI=1S/C14H14N2P2S2.C12H26N2O.C9H10O.C2H6/c1-7-13(20-8(2)15-7)14-16-11(6-19-14)10-4-3-9(17)5-12(10)18;1-4-6-7-10-14(5-2)11-8-9-13-12(3)15;1-7-4-3-5-9(6-7)8(2)10;1-2/h3-6H,17-18H2,1-2H3;4-11H2,1-3H3,(H,13,15);3-6H,1-2H3;1-2H3. The van der Waals surface area contributed by atoms with Crippen molar-refractivity contribution >= 4 is 63.5 Å². The third kappa shape index (κ3) is 16.6. The average Bonchev–Trinajstić information content (AvgIpc) is 3.65. The second kappa shape index (κ2) is 23.9. The van der Waals surface area contributed by atoms with Crippen LogP contribution in [0.4, 0.5) is 0 Å². The number of rotatable bonds is 12. The summed E-state index contributed by atoms with van der Waals surface area (Å²) in [7, 11) is 5.51. The molecule has 258 valence electrons. The molecule has 0 fully saturated rings. The molecule has 47 heavy (non-hydrogen) atoms. The van der Waals surface area contributed by atoms with Crippen LogP contribution in [0.25, 0.3) is 21.1 Å². The first-order valence-corrected chi connectivity index (χ1v) is 19.4. The van der Waals surface area contributed by atoms with Gasteiger partial charge < -0.3 is 10.2 Å². The van der Waals surface area contributed by atoms with E-state index < -0.39 is 0 Å². The van der Waals surface area contributed by atoms with Crippen molar-refractivity contribution < 1.29 is 9.59 Å². The van der Waals surface area contributed by atoms with E-state index in [0.29, 0.717) is 0 Å². The van der Waals surface area contributed by atoms with E-state index in [9.17, 15) is 9.59 Å². The molecule has 0 radical (unpaired) electrons. The van der Waals surface area contributed by atoms with Gasteiger partial charge in [-0.2, -0.15) is 0 Å². The molecule has 4 rings (SSSR count). The Morgan fingerprint density at radius 2 is 1.62 bits per heavy atom. The van der Waals surface area contributed by atoms with Crippen LogP contribution in [0.15, 0.2) is 47.8 Å². The Hall–Kier alpha value is -2.34. The zero-order chi connectivity index (χ0) is 35.4. The Morgan fingerprint density at radius 3 is 2.15 bits per heavy atom. The fraction of sp³-hybridized carbons (Fsp3) is 0.459. The Kier molecular flexibility index (Phi) is 21.7. The summed E-state index contributed by atoms with van der Waals surface area (Å²) < 4.78 is 0. The number of benzene rings is 2. The van der Waals surface area contributed by atoms with Crippen LogP contribution >= 0.6 is 41.2 Å². The lowest BCUT2D eigenvalue weighted by atomic mass is 10.1. The first-order chi connectivity index (χ1) is 22.4. The Bertz CT molecular complexity index is 1500. The number of nitrogens with zero attached hydrogens (tertiary/aromatic N) is 3. The summed E-state index contributed by atoms with van der Waals surface area (Å²) in [5.74, 6) is 0.202. The molecule has 0 aliphatic heterocycles. The molecule has 1 amide bonds. The number of ketones is 1. The Balaban J connectivity index is 0.000000363. The van der Waals surface area contributed by atoms with E-state index in [-0.39, 0.29) is 11.7 Å². The molecule has 0 saturated heterocycles. The molecule has 0 aliphatic carbocycles. The predicted octanol–water partition coefficient (Wildman–Crippen LogP) is 8.80. The molecule has 1 N–H and O–H groups in total. The van der Waals surface area contributed by atoms with Crippen molar-refractivity contribution in [1.82, 2.24) is 20.2 Å². The molecule has 10 heteroatoms. The molecule has 2 aromatic heterocycles. The topological polar surface area (TPSA) is 75.2 Å². The highest BCUT2D eigenvalue weighted by atomic mass is 32.1. The van der Waals surface area contributed by atoms with Gasteiger partial charge in [0.15, 0.2) is 5.78 Å². The van der Waals surface area contributed by atoms with E-state index in [1.165, 1.54) is 46.9 Å². The van der Waals surface area contributed by atoms with Crippen LogP contribution in [-0.2, 0) is 4.79 Å². The van der Waals surface area contributed by atoms with E-state index in [1.807, 2.05) is 58.9 Å². The Morgan fingerprint density at radius 1 is 0.915 bits per heavy atom. The highest BCUT2D eigenvalue weighted by Gasteiger charge is 2.13. The summed E-state index contributed by atoms with van der Waals surface area (Å²) >= 11 is 3.39. The normalized spacial score (nSPS) is 10.2. The van der Waals surface area contributed by atoms with Gasteiger partial charge >= 0.3 is 0 Å². The van der Waals surface area contributed by atoms with Gasteiger partial charge in [-0.1, -0.05) is 76.4 Å². The van der Waals surface area contributed by atoms with Gasteiger partial charge in [-0.3, -0.25) is 9.59 Å². The van der Waals surface area contributed by atoms with Crippen LogP contribution in [0.5, 0.6) is 0 Å². The summed E-state index contributed by atoms with van der Waals surface area (Å²) in [6, 6.07) is 13.9. The van der Waals surface area contributed by atoms with Crippen LogP contribution in [0.1, 0.15) is 93.8 Å². The summed E-state index contributed by atoms with van der Waals surface area (Å²) in [5.41, 5.74) is 5.19. The van der Waals surface area contributed by atoms with Gasteiger partial charge in [0.25, 0.3) is 0 Å². The second-order valence-electron chi connectivity index (χ2n) is 10.9. The van der Waals surface area contributed by atoms with Gasteiger partial charge in [0.2, 0.25) is 5.91 Å². The number of amides is 1. The summed E-state index contributed by atoms with van der Waals surface area (Å²) in [5, 5.41) is 9.45. The number of unbranched alkanes of at least 4 members (excludes halogenated alkanes) is 2. The molecule has 0 saturated carbocycles. The molecule has 0 spiro atoms. The monoisotopic (exact) mass is 714 g/mol. The van der Waals surface area contributed by atoms with Crippen LogP contribution in [0.3, 0.4) is 0 Å². The minimum absolute atomic E-state index is 0.0732. The van der Waals surface area contributed by atoms with Crippen LogP contribution in [0.2, 0.25) is 0 Å². The quantitative estimate of drug-likeness (QED) is 0.0903. The van der Waals surface area contributed by atoms with Gasteiger partial charge in [-0.15, -0.1) is 41.2 Å². The SMILES string of the molecule is CC.CC(=O)c1cccc(C)c1.CCCCCN(CC)CCCNC(C)=O.Cc1nc(C)c(-c2nc(-c3ccc(P)cc3P)cs2)s1. The van der Waals surface area contributed by atoms with Crippen molar-refractivity contribution in [1.29, 1.82) is 0 Å². The maximum absolute atomic E-state index is 10.8. The zero-order valence-electron chi connectivity index (χ0n) is 29.9. The Labute approximate surface area is 297 Å². The fourth-order valence-corrected chi connectivity index (χ4v) is 7.28. The van der Waals surface area contributed by atoms with Crippen molar-refractivity contribution in [2.75, 3.05) is 26.2 Å². The maximum atomic E-state index is 10.8. The first-order valence-electron chi connectivity index (χ1n) is 16.5. The second-order valence-corrected chi connectivity index (χ2v) is 14.3. The minimum atomic E-state index is 0.0732. The molecule has 2 unspecified atom stereocenters. The average molecular weight is 715 g/mol. The number of carbonyl (C=O) groups excluding carboxylic acids is 2. The molecule has 6 nitrogen and oxygen atoms in total. The minimum Gasteiger partial charge on any atom is -0.356 e. The number of carbonyl (C=O) groups is 2. The fourth-order valence-electron chi connectivity index (χ4n) is 4.49. The highest BCUT2D eigenvalue weighted by molar-refractivity contribution is 7.29. The molecule has 0 bridgehead atoms. The van der Waals surface area contributed by atoms with Crippen molar-refractivity contribution in [2.45, 2.75) is 88.0 Å². The van der Waals surface area contributed by atoms with Crippen molar-refractivity contribution in [3.8, 4) is 21.1 Å². The van der Waals surface area contributed by atoms with E-state index in [2.05, 4.69) is 71.1 Å². The summed E-state index contributed by atoms with van der Waals surface area (Å²) in [6.07, 6.45) is 4.95. The van der Waals surface area contributed by atoms with E-state index >= 15 is 0 Å². The van der Waals surface area contributed by atoms with E-state index in [1.54, 1.807) is 36.5 Å². The lowest BCUT2D eigenvalue weighted by molar-refractivity contribution is -0.118. The molecule has 2 heterocycles. The first kappa shape index (κ1) is 42.7. The zero-order valence-corrected chi connectivity index (χ0v) is 33.8. The molecule has 2 aromatic carbocycles. The van der Waals surface area contributed by atoms with Crippen LogP contribution < -0.4 is 15.9 Å². The van der Waals surface area contributed by atoms with Crippen LogP contribution in [-0.4, -0.2) is 52.7 Å². The van der Waals surface area contributed by atoms with Gasteiger partial charge in [0.05, 0.1) is 21.3 Å². The number of Topliss-reactive ketones (excluding diaryl/α,β-unsaturated/α-hetero) is 1. The smallest absolute Gasteiger partial charge is 0.216 e. The van der Waals surface area contributed by atoms with E-state index in [0.717, 1.165) is 58.6 Å². The van der Waals surface area contributed by atoms with Gasteiger partial charge in [0, 0.05) is 30.0 Å². The number of nitrogens with one attached hydrogen (secondary N) is 1. The third-order valence-corrected chi connectivity index (χ3v) is 9.83. The molecule has 4 aromatic rings. The summed E-state index contributed by atoms with van der Waals surface area (Å²) in [6.45, 7) is 21.9. The predicted molar refractivity (Wildman–Crippen MR) is 214 cm³/mol. The van der Waals surface area contributed by atoms with E-state index in [4.69, 9.17) is 4.98 Å². The molecular weight excluding hydrogens is 659 g/mol. The van der Waals surface area contributed by atoms with Gasteiger partial charge in [-0.05, 0) is 82.9 Å². The third-order valence-electron chi connectivity index (χ3n) is 6.93. The van der Waals surface area contributed by atoms with Gasteiger partial charge in [0.1, 0.15) is 5.01 Å². The largest absolute Gasteiger partial charge is 0.356 e. The van der Waals surface area contributed by atoms with Gasteiger partial charge in [-0.25, -0.2) is 9.97 Å². The summed E-state index contributed by atoms with van der Waals surface area (Å²) in [4.78, 5) is 34.3.